The highest BCUT2D eigenvalue weighted by Crippen LogP contribution is 2.24. The molecule has 3 amide bonds. The van der Waals surface area contributed by atoms with Gasteiger partial charge in [-0.3, -0.25) is 9.69 Å². The molecule has 26 heavy (non-hydrogen) atoms. The maximum atomic E-state index is 12.5. The maximum absolute atomic E-state index is 12.5. The van der Waals surface area contributed by atoms with Crippen molar-refractivity contribution in [3.05, 3.63) is 29.3 Å². The van der Waals surface area contributed by atoms with E-state index in [0.29, 0.717) is 32.6 Å². The molecule has 2 fully saturated rings. The van der Waals surface area contributed by atoms with Crippen LogP contribution in [-0.4, -0.2) is 78.8 Å². The number of carbonyl (C=O) groups excluding carboxylic acids is 2. The van der Waals surface area contributed by atoms with Crippen LogP contribution in [0.3, 0.4) is 0 Å². The number of rotatable bonds is 4. The number of hydrogen-bond donors (Lipinski definition) is 2. The lowest BCUT2D eigenvalue weighted by atomic mass is 10.1. The summed E-state index contributed by atoms with van der Waals surface area (Å²) in [6, 6.07) is 5.75. The molecule has 0 radical (unpaired) electrons. The molecule has 142 valence electrons. The number of urea groups is 1. The molecule has 2 aliphatic rings. The van der Waals surface area contributed by atoms with Crippen LogP contribution in [-0.2, 0) is 4.79 Å². The monoisotopic (exact) mass is 360 g/mol. The molecular formula is C19H28N4O3. The summed E-state index contributed by atoms with van der Waals surface area (Å²) in [6.07, 6.45) is 0.336. The molecule has 3 rings (SSSR count). The van der Waals surface area contributed by atoms with Gasteiger partial charge in [-0.2, -0.15) is 0 Å². The highest BCUT2D eigenvalue weighted by molar-refractivity contribution is 5.97. The van der Waals surface area contributed by atoms with Gasteiger partial charge >= 0.3 is 6.03 Å². The SMILES string of the molecule is Cc1ccc(N2C[C@@H](NC(=O)N3CCN(CCO)CC3)CC2=O)cc1C. The smallest absolute Gasteiger partial charge is 0.317 e. The molecule has 0 unspecified atom stereocenters. The van der Waals surface area contributed by atoms with Gasteiger partial charge in [0.15, 0.2) is 0 Å². The number of nitrogens with one attached hydrogen (secondary N) is 1. The number of anilines is 1. The molecule has 0 spiro atoms. The molecular weight excluding hydrogens is 332 g/mol. The van der Waals surface area contributed by atoms with E-state index in [1.165, 1.54) is 5.56 Å². The van der Waals surface area contributed by atoms with Crippen LogP contribution < -0.4 is 10.2 Å². The first kappa shape index (κ1) is 18.7. The number of β-amino-alcohol motifs (C(OH)–C–C–N with tert-alkyl or cyclic N) is 1. The molecule has 1 atom stereocenters. The fourth-order valence-corrected chi connectivity index (χ4v) is 3.53. The molecule has 2 saturated heterocycles. The predicted molar refractivity (Wildman–Crippen MR) is 100 cm³/mol. The number of hydrogen-bond acceptors (Lipinski definition) is 4. The number of aliphatic hydroxyl groups is 1. The van der Waals surface area contributed by atoms with Crippen molar-refractivity contribution < 1.29 is 14.7 Å². The number of amides is 3. The van der Waals surface area contributed by atoms with E-state index in [2.05, 4.69) is 10.2 Å². The summed E-state index contributed by atoms with van der Waals surface area (Å²) in [7, 11) is 0. The maximum Gasteiger partial charge on any atom is 0.317 e. The Balaban J connectivity index is 1.54. The number of carbonyl (C=O) groups is 2. The number of benzene rings is 1. The second kappa shape index (κ2) is 8.05. The minimum absolute atomic E-state index is 0.0475. The summed E-state index contributed by atoms with van der Waals surface area (Å²) >= 11 is 0. The van der Waals surface area contributed by atoms with E-state index in [0.717, 1.165) is 24.3 Å². The van der Waals surface area contributed by atoms with E-state index in [4.69, 9.17) is 5.11 Å². The van der Waals surface area contributed by atoms with Crippen molar-refractivity contribution >= 4 is 17.6 Å². The van der Waals surface area contributed by atoms with E-state index >= 15 is 0 Å². The van der Waals surface area contributed by atoms with Gasteiger partial charge in [0.2, 0.25) is 5.91 Å². The number of nitrogens with zero attached hydrogens (tertiary/aromatic N) is 3. The topological polar surface area (TPSA) is 76.1 Å². The lowest BCUT2D eigenvalue weighted by Crippen LogP contribution is -2.54. The average molecular weight is 360 g/mol. The molecule has 7 nitrogen and oxygen atoms in total. The van der Waals surface area contributed by atoms with Gasteiger partial charge in [0, 0.05) is 51.4 Å². The summed E-state index contributed by atoms with van der Waals surface area (Å²) in [4.78, 5) is 30.6. The summed E-state index contributed by atoms with van der Waals surface area (Å²) in [6.45, 7) is 8.22. The van der Waals surface area contributed by atoms with Gasteiger partial charge in [0.25, 0.3) is 0 Å². The number of aryl methyl sites for hydroxylation is 2. The van der Waals surface area contributed by atoms with Crippen molar-refractivity contribution in [1.29, 1.82) is 0 Å². The van der Waals surface area contributed by atoms with E-state index in [1.807, 2.05) is 32.0 Å². The zero-order valence-electron chi connectivity index (χ0n) is 15.6. The Morgan fingerprint density at radius 2 is 1.92 bits per heavy atom. The van der Waals surface area contributed by atoms with Crippen LogP contribution >= 0.6 is 0 Å². The molecule has 0 bridgehead atoms. The van der Waals surface area contributed by atoms with Crippen LogP contribution in [0.15, 0.2) is 18.2 Å². The zero-order valence-corrected chi connectivity index (χ0v) is 15.6. The Morgan fingerprint density at radius 3 is 2.58 bits per heavy atom. The second-order valence-electron chi connectivity index (χ2n) is 7.18. The summed E-state index contributed by atoms with van der Waals surface area (Å²) < 4.78 is 0. The Kier molecular flexibility index (Phi) is 5.78. The van der Waals surface area contributed by atoms with Crippen LogP contribution in [0.1, 0.15) is 17.5 Å². The lowest BCUT2D eigenvalue weighted by molar-refractivity contribution is -0.117. The van der Waals surface area contributed by atoms with Gasteiger partial charge in [0.1, 0.15) is 0 Å². The molecule has 2 heterocycles. The highest BCUT2D eigenvalue weighted by atomic mass is 16.3. The Hall–Kier alpha value is -2.12. The van der Waals surface area contributed by atoms with Gasteiger partial charge in [0.05, 0.1) is 12.6 Å². The van der Waals surface area contributed by atoms with Crippen LogP contribution in [0.4, 0.5) is 10.5 Å². The molecule has 1 aromatic rings. The Labute approximate surface area is 154 Å². The molecule has 0 aliphatic carbocycles. The predicted octanol–water partition coefficient (Wildman–Crippen LogP) is 0.728. The van der Waals surface area contributed by atoms with Crippen molar-refractivity contribution in [2.45, 2.75) is 26.3 Å². The van der Waals surface area contributed by atoms with Gasteiger partial charge in [-0.15, -0.1) is 0 Å². The minimum atomic E-state index is -0.160. The van der Waals surface area contributed by atoms with Crippen LogP contribution in [0.25, 0.3) is 0 Å². The average Bonchev–Trinajstić information content (AvgIpc) is 2.98. The van der Waals surface area contributed by atoms with Crippen LogP contribution in [0.2, 0.25) is 0 Å². The Bertz CT molecular complexity index is 671. The van der Waals surface area contributed by atoms with Gasteiger partial charge in [-0.05, 0) is 37.1 Å². The molecule has 0 saturated carbocycles. The van der Waals surface area contributed by atoms with Crippen molar-refractivity contribution in [2.24, 2.45) is 0 Å². The molecule has 0 aromatic heterocycles. The first-order valence-electron chi connectivity index (χ1n) is 9.24. The second-order valence-corrected chi connectivity index (χ2v) is 7.18. The number of aliphatic hydroxyl groups excluding tert-OH is 1. The summed E-state index contributed by atoms with van der Waals surface area (Å²) in [5.74, 6) is 0.0475. The first-order valence-corrected chi connectivity index (χ1v) is 9.24. The third-order valence-corrected chi connectivity index (χ3v) is 5.33. The molecule has 2 N–H and O–H groups in total. The number of piperazine rings is 1. The van der Waals surface area contributed by atoms with Gasteiger partial charge < -0.3 is 20.2 Å². The van der Waals surface area contributed by atoms with Crippen LogP contribution in [0, 0.1) is 13.8 Å². The molecule has 7 heteroatoms. The van der Waals surface area contributed by atoms with Crippen LogP contribution in [0.5, 0.6) is 0 Å². The quantitative estimate of drug-likeness (QED) is 0.830. The summed E-state index contributed by atoms with van der Waals surface area (Å²) in [5, 5.41) is 12.0. The van der Waals surface area contributed by atoms with E-state index < -0.39 is 0 Å². The van der Waals surface area contributed by atoms with Crippen molar-refractivity contribution in [3.8, 4) is 0 Å². The highest BCUT2D eigenvalue weighted by Gasteiger charge is 2.33. The first-order chi connectivity index (χ1) is 12.5. The summed E-state index contributed by atoms with van der Waals surface area (Å²) in [5.41, 5.74) is 3.25. The van der Waals surface area contributed by atoms with Crippen molar-refractivity contribution in [1.82, 2.24) is 15.1 Å². The van der Waals surface area contributed by atoms with E-state index in [-0.39, 0.29) is 24.6 Å². The van der Waals surface area contributed by atoms with Gasteiger partial charge in [-0.1, -0.05) is 6.07 Å². The van der Waals surface area contributed by atoms with E-state index in [1.54, 1.807) is 9.80 Å². The van der Waals surface area contributed by atoms with Crippen molar-refractivity contribution in [2.75, 3.05) is 50.8 Å². The molecule has 2 aliphatic heterocycles. The zero-order chi connectivity index (χ0) is 18.7. The standard InChI is InChI=1S/C19H28N4O3/c1-14-3-4-17(11-15(14)2)23-13-16(12-18(23)25)20-19(26)22-7-5-21(6-8-22)9-10-24/h3-4,11,16,24H,5-10,12-13H2,1-2H3,(H,20,26)/t16-/m0/s1. The lowest BCUT2D eigenvalue weighted by Gasteiger charge is -2.34. The Morgan fingerprint density at radius 1 is 1.19 bits per heavy atom. The fourth-order valence-electron chi connectivity index (χ4n) is 3.53. The third-order valence-electron chi connectivity index (χ3n) is 5.33. The fraction of sp³-hybridized carbons (Fsp3) is 0.579. The third kappa shape index (κ3) is 4.16. The van der Waals surface area contributed by atoms with E-state index in [9.17, 15) is 9.59 Å². The van der Waals surface area contributed by atoms with Crippen molar-refractivity contribution in [3.63, 3.8) is 0 Å². The minimum Gasteiger partial charge on any atom is -0.395 e. The van der Waals surface area contributed by atoms with Gasteiger partial charge in [-0.25, -0.2) is 4.79 Å². The largest absolute Gasteiger partial charge is 0.395 e. The molecule has 1 aromatic carbocycles. The normalized spacial score (nSPS) is 21.3.